The predicted octanol–water partition coefficient (Wildman–Crippen LogP) is 2.67. The molecule has 1 amide bonds. The molecule has 5 heteroatoms. The summed E-state index contributed by atoms with van der Waals surface area (Å²) in [5.74, 6) is -3.03. The molecule has 4 nitrogen and oxygen atoms in total. The van der Waals surface area contributed by atoms with Crippen molar-refractivity contribution < 1.29 is 19.1 Å². The normalized spacial score (nSPS) is 22.6. The molecule has 0 radical (unpaired) electrons. The van der Waals surface area contributed by atoms with Gasteiger partial charge in [0.05, 0.1) is 17.9 Å². The average molecular weight is 291 g/mol. The van der Waals surface area contributed by atoms with Crippen LogP contribution in [-0.4, -0.2) is 17.0 Å². The molecule has 3 atom stereocenters. The van der Waals surface area contributed by atoms with Gasteiger partial charge in [-0.3, -0.25) is 9.59 Å². The van der Waals surface area contributed by atoms with Gasteiger partial charge in [-0.15, -0.1) is 0 Å². The molecule has 0 aromatic heterocycles. The van der Waals surface area contributed by atoms with Crippen molar-refractivity contribution in [2.24, 2.45) is 11.8 Å². The van der Waals surface area contributed by atoms with E-state index in [0.717, 1.165) is 0 Å². The highest BCUT2D eigenvalue weighted by Crippen LogP contribution is 2.27. The Hall–Kier alpha value is -2.17. The summed E-state index contributed by atoms with van der Waals surface area (Å²) in [5, 5.41) is 11.9. The van der Waals surface area contributed by atoms with E-state index in [-0.39, 0.29) is 11.7 Å². The third-order valence-corrected chi connectivity index (χ3v) is 3.82. The molecule has 2 unspecified atom stereocenters. The first kappa shape index (κ1) is 15.2. The minimum Gasteiger partial charge on any atom is -0.481 e. The van der Waals surface area contributed by atoms with Gasteiger partial charge >= 0.3 is 5.97 Å². The van der Waals surface area contributed by atoms with E-state index in [1.807, 2.05) is 6.08 Å². The summed E-state index contributed by atoms with van der Waals surface area (Å²) in [6, 6.07) is 5.72. The molecule has 0 saturated heterocycles. The van der Waals surface area contributed by atoms with Crippen LogP contribution in [0.5, 0.6) is 0 Å². The molecule has 1 aliphatic rings. The predicted molar refractivity (Wildman–Crippen MR) is 75.9 cm³/mol. The SMILES string of the molecule is C[C@@H](NC(=O)C1CC=CCC1C(=O)O)c1ccccc1F. The van der Waals surface area contributed by atoms with Crippen LogP contribution in [0, 0.1) is 17.7 Å². The maximum Gasteiger partial charge on any atom is 0.307 e. The number of benzene rings is 1. The monoisotopic (exact) mass is 291 g/mol. The Balaban J connectivity index is 2.08. The zero-order valence-electron chi connectivity index (χ0n) is 11.8. The topological polar surface area (TPSA) is 66.4 Å². The second-order valence-electron chi connectivity index (χ2n) is 5.25. The van der Waals surface area contributed by atoms with Gasteiger partial charge in [-0.2, -0.15) is 0 Å². The quantitative estimate of drug-likeness (QED) is 0.838. The molecule has 1 aliphatic carbocycles. The zero-order valence-corrected chi connectivity index (χ0v) is 11.8. The van der Waals surface area contributed by atoms with Crippen LogP contribution in [0.4, 0.5) is 4.39 Å². The van der Waals surface area contributed by atoms with Crippen LogP contribution in [0.25, 0.3) is 0 Å². The Morgan fingerprint density at radius 3 is 2.48 bits per heavy atom. The van der Waals surface area contributed by atoms with E-state index in [9.17, 15) is 19.1 Å². The van der Waals surface area contributed by atoms with Gasteiger partial charge in [-0.25, -0.2) is 4.39 Å². The van der Waals surface area contributed by atoms with Crippen LogP contribution in [0.3, 0.4) is 0 Å². The van der Waals surface area contributed by atoms with Gasteiger partial charge in [0, 0.05) is 5.56 Å². The highest BCUT2D eigenvalue weighted by Gasteiger charge is 2.34. The number of carbonyl (C=O) groups is 2. The fraction of sp³-hybridized carbons (Fsp3) is 0.375. The van der Waals surface area contributed by atoms with Crippen LogP contribution in [0.1, 0.15) is 31.4 Å². The molecular weight excluding hydrogens is 273 g/mol. The molecule has 0 heterocycles. The molecular formula is C16H18FNO3. The summed E-state index contributed by atoms with van der Waals surface area (Å²) < 4.78 is 13.7. The van der Waals surface area contributed by atoms with Gasteiger partial charge in [0.1, 0.15) is 5.82 Å². The van der Waals surface area contributed by atoms with Gasteiger partial charge in [0.25, 0.3) is 0 Å². The molecule has 0 saturated carbocycles. The third kappa shape index (κ3) is 3.48. The molecule has 112 valence electrons. The number of halogens is 1. The highest BCUT2D eigenvalue weighted by atomic mass is 19.1. The van der Waals surface area contributed by atoms with E-state index in [1.54, 1.807) is 31.2 Å². The highest BCUT2D eigenvalue weighted by molar-refractivity contribution is 5.85. The number of hydrogen-bond donors (Lipinski definition) is 2. The van der Waals surface area contributed by atoms with Crippen molar-refractivity contribution >= 4 is 11.9 Å². The van der Waals surface area contributed by atoms with Crippen molar-refractivity contribution in [2.45, 2.75) is 25.8 Å². The molecule has 2 N–H and O–H groups in total. The molecule has 0 fully saturated rings. The minimum absolute atomic E-state index is 0.345. The number of carboxylic acid groups (broad SMARTS) is 1. The molecule has 1 aromatic rings. The second-order valence-corrected chi connectivity index (χ2v) is 5.25. The van der Waals surface area contributed by atoms with Crippen molar-refractivity contribution in [1.82, 2.24) is 5.32 Å². The summed E-state index contributed by atoms with van der Waals surface area (Å²) in [6.07, 6.45) is 4.34. The summed E-state index contributed by atoms with van der Waals surface area (Å²) >= 11 is 0. The molecule has 0 bridgehead atoms. The number of nitrogens with one attached hydrogen (secondary N) is 1. The first-order chi connectivity index (χ1) is 10.0. The van der Waals surface area contributed by atoms with E-state index in [4.69, 9.17) is 0 Å². The summed E-state index contributed by atoms with van der Waals surface area (Å²) in [6.45, 7) is 1.69. The second kappa shape index (κ2) is 6.52. The Morgan fingerprint density at radius 2 is 1.86 bits per heavy atom. The van der Waals surface area contributed by atoms with E-state index in [2.05, 4.69) is 5.32 Å². The van der Waals surface area contributed by atoms with Crippen LogP contribution < -0.4 is 5.32 Å². The number of allylic oxidation sites excluding steroid dienone is 2. The molecule has 1 aromatic carbocycles. The van der Waals surface area contributed by atoms with Gasteiger partial charge < -0.3 is 10.4 Å². The standard InChI is InChI=1S/C16H18FNO3/c1-10(11-6-4-5-9-14(11)17)18-15(19)12-7-2-3-8-13(12)16(20)21/h2-6,9-10,12-13H,7-8H2,1H3,(H,18,19)(H,20,21)/t10-,12?,13?/m1/s1. The van der Waals surface area contributed by atoms with Crippen molar-refractivity contribution in [2.75, 3.05) is 0 Å². The van der Waals surface area contributed by atoms with Gasteiger partial charge in [0.15, 0.2) is 0 Å². The van der Waals surface area contributed by atoms with Crippen LogP contribution in [0.2, 0.25) is 0 Å². The average Bonchev–Trinajstić information content (AvgIpc) is 2.47. The number of carbonyl (C=O) groups excluding carboxylic acids is 1. The lowest BCUT2D eigenvalue weighted by molar-refractivity contribution is -0.147. The summed E-state index contributed by atoms with van der Waals surface area (Å²) in [5.41, 5.74) is 0.393. The Bertz CT molecular complexity index is 570. The Kier molecular flexibility index (Phi) is 4.73. The zero-order chi connectivity index (χ0) is 15.4. The van der Waals surface area contributed by atoms with Gasteiger partial charge in [-0.1, -0.05) is 30.4 Å². The van der Waals surface area contributed by atoms with Gasteiger partial charge in [0.2, 0.25) is 5.91 Å². The minimum atomic E-state index is -0.974. The molecule has 0 spiro atoms. The molecule has 0 aliphatic heterocycles. The van der Waals surface area contributed by atoms with E-state index >= 15 is 0 Å². The molecule has 21 heavy (non-hydrogen) atoms. The number of hydrogen-bond acceptors (Lipinski definition) is 2. The van der Waals surface area contributed by atoms with E-state index in [0.29, 0.717) is 18.4 Å². The number of amides is 1. The fourth-order valence-corrected chi connectivity index (χ4v) is 2.60. The van der Waals surface area contributed by atoms with E-state index in [1.165, 1.54) is 6.07 Å². The fourth-order valence-electron chi connectivity index (χ4n) is 2.60. The van der Waals surface area contributed by atoms with Crippen LogP contribution in [-0.2, 0) is 9.59 Å². The van der Waals surface area contributed by atoms with Crippen LogP contribution >= 0.6 is 0 Å². The van der Waals surface area contributed by atoms with Crippen molar-refractivity contribution in [3.8, 4) is 0 Å². The maximum atomic E-state index is 13.7. The van der Waals surface area contributed by atoms with E-state index < -0.39 is 23.8 Å². The van der Waals surface area contributed by atoms with Crippen LogP contribution in [0.15, 0.2) is 36.4 Å². The first-order valence-corrected chi connectivity index (χ1v) is 6.93. The number of rotatable bonds is 4. The Morgan fingerprint density at radius 1 is 1.24 bits per heavy atom. The number of carboxylic acids is 1. The maximum absolute atomic E-state index is 13.7. The lowest BCUT2D eigenvalue weighted by Crippen LogP contribution is -2.39. The lowest BCUT2D eigenvalue weighted by Gasteiger charge is -2.26. The van der Waals surface area contributed by atoms with Gasteiger partial charge in [-0.05, 0) is 25.8 Å². The smallest absolute Gasteiger partial charge is 0.307 e. The van der Waals surface area contributed by atoms with Crippen molar-refractivity contribution in [3.63, 3.8) is 0 Å². The first-order valence-electron chi connectivity index (χ1n) is 6.93. The summed E-state index contributed by atoms with van der Waals surface area (Å²) in [4.78, 5) is 23.5. The lowest BCUT2D eigenvalue weighted by atomic mass is 9.82. The third-order valence-electron chi connectivity index (χ3n) is 3.82. The van der Waals surface area contributed by atoms with Crippen molar-refractivity contribution in [3.05, 3.63) is 47.8 Å². The Labute approximate surface area is 122 Å². The number of aliphatic carboxylic acids is 1. The largest absolute Gasteiger partial charge is 0.481 e. The molecule has 2 rings (SSSR count). The summed E-state index contributed by atoms with van der Waals surface area (Å²) in [7, 11) is 0. The van der Waals surface area contributed by atoms with Crippen molar-refractivity contribution in [1.29, 1.82) is 0 Å².